The molecule has 0 aliphatic heterocycles. The highest BCUT2D eigenvalue weighted by Gasteiger charge is 2.08. The molecule has 0 aromatic carbocycles. The van der Waals surface area contributed by atoms with Crippen molar-refractivity contribution in [2.45, 2.75) is 20.4 Å². The van der Waals surface area contributed by atoms with Gasteiger partial charge in [-0.25, -0.2) is 9.67 Å². The monoisotopic (exact) mass is 250 g/mol. The summed E-state index contributed by atoms with van der Waals surface area (Å²) in [5.74, 6) is 0.823. The van der Waals surface area contributed by atoms with E-state index in [1.165, 1.54) is 0 Å². The zero-order valence-electron chi connectivity index (χ0n) is 9.94. The summed E-state index contributed by atoms with van der Waals surface area (Å²) in [5.41, 5.74) is 1.92. The standard InChI is InChI=1S/C12H15ClN4/c1-3-14-7-10-5-4-6-15-12(10)17-8-11(13)9(2)16-17/h4-6,8,14H,3,7H2,1-2H3. The number of nitrogens with one attached hydrogen (secondary N) is 1. The molecule has 1 N–H and O–H groups in total. The second-order valence-electron chi connectivity index (χ2n) is 3.77. The van der Waals surface area contributed by atoms with Crippen molar-refractivity contribution in [3.63, 3.8) is 0 Å². The normalized spacial score (nSPS) is 10.8. The molecule has 0 atom stereocenters. The molecular weight excluding hydrogens is 236 g/mol. The number of halogens is 1. The van der Waals surface area contributed by atoms with Gasteiger partial charge in [-0.2, -0.15) is 5.10 Å². The number of aryl methyl sites for hydroxylation is 1. The Balaban J connectivity index is 2.37. The average Bonchev–Trinajstić information content (AvgIpc) is 2.67. The van der Waals surface area contributed by atoms with Gasteiger partial charge < -0.3 is 5.32 Å². The van der Waals surface area contributed by atoms with Crippen molar-refractivity contribution in [3.05, 3.63) is 40.8 Å². The minimum atomic E-state index is 0.657. The summed E-state index contributed by atoms with van der Waals surface area (Å²) < 4.78 is 1.73. The highest BCUT2D eigenvalue weighted by atomic mass is 35.5. The Morgan fingerprint density at radius 2 is 2.29 bits per heavy atom. The van der Waals surface area contributed by atoms with Gasteiger partial charge in [0.25, 0.3) is 0 Å². The van der Waals surface area contributed by atoms with Gasteiger partial charge in [0.1, 0.15) is 0 Å². The highest BCUT2D eigenvalue weighted by Crippen LogP contribution is 2.17. The second-order valence-corrected chi connectivity index (χ2v) is 4.18. The van der Waals surface area contributed by atoms with Crippen LogP contribution in [0, 0.1) is 6.92 Å². The van der Waals surface area contributed by atoms with Gasteiger partial charge in [-0.05, 0) is 19.5 Å². The molecule has 2 rings (SSSR count). The smallest absolute Gasteiger partial charge is 0.157 e. The fourth-order valence-electron chi connectivity index (χ4n) is 1.58. The third-order valence-corrected chi connectivity index (χ3v) is 2.86. The summed E-state index contributed by atoms with van der Waals surface area (Å²) >= 11 is 6.01. The molecule has 0 aliphatic carbocycles. The van der Waals surface area contributed by atoms with Crippen molar-refractivity contribution >= 4 is 11.6 Å². The topological polar surface area (TPSA) is 42.7 Å². The van der Waals surface area contributed by atoms with Crippen LogP contribution < -0.4 is 5.32 Å². The molecule has 0 aliphatic rings. The van der Waals surface area contributed by atoms with Gasteiger partial charge in [0.2, 0.25) is 0 Å². The molecule has 90 valence electrons. The lowest BCUT2D eigenvalue weighted by molar-refractivity contribution is 0.709. The first-order chi connectivity index (χ1) is 8.22. The number of hydrogen-bond donors (Lipinski definition) is 1. The lowest BCUT2D eigenvalue weighted by Crippen LogP contribution is -2.14. The second kappa shape index (κ2) is 5.29. The summed E-state index contributed by atoms with van der Waals surface area (Å²) in [6.07, 6.45) is 3.55. The molecule has 2 aromatic heterocycles. The average molecular weight is 251 g/mol. The summed E-state index contributed by atoms with van der Waals surface area (Å²) in [6, 6.07) is 3.96. The lowest BCUT2D eigenvalue weighted by Gasteiger charge is -2.08. The first kappa shape index (κ1) is 12.1. The van der Waals surface area contributed by atoms with Crippen LogP contribution in [-0.4, -0.2) is 21.3 Å². The van der Waals surface area contributed by atoms with E-state index in [1.807, 2.05) is 19.1 Å². The van der Waals surface area contributed by atoms with Gasteiger partial charge in [-0.15, -0.1) is 0 Å². The van der Waals surface area contributed by atoms with E-state index in [-0.39, 0.29) is 0 Å². The molecule has 4 nitrogen and oxygen atoms in total. The minimum Gasteiger partial charge on any atom is -0.313 e. The van der Waals surface area contributed by atoms with Crippen LogP contribution in [0.3, 0.4) is 0 Å². The highest BCUT2D eigenvalue weighted by molar-refractivity contribution is 6.31. The molecule has 5 heteroatoms. The van der Waals surface area contributed by atoms with Crippen molar-refractivity contribution in [1.82, 2.24) is 20.1 Å². The first-order valence-electron chi connectivity index (χ1n) is 5.59. The Bertz CT molecular complexity index is 487. The van der Waals surface area contributed by atoms with Gasteiger partial charge in [0, 0.05) is 18.3 Å². The summed E-state index contributed by atoms with van der Waals surface area (Å²) in [7, 11) is 0. The van der Waals surface area contributed by atoms with Gasteiger partial charge in [0.15, 0.2) is 5.82 Å². The van der Waals surface area contributed by atoms with Crippen LogP contribution in [0.4, 0.5) is 0 Å². The number of pyridine rings is 1. The number of aromatic nitrogens is 3. The van der Waals surface area contributed by atoms with Crippen LogP contribution in [0.25, 0.3) is 5.82 Å². The van der Waals surface area contributed by atoms with Crippen LogP contribution in [0.1, 0.15) is 18.2 Å². The van der Waals surface area contributed by atoms with E-state index < -0.39 is 0 Å². The SMILES string of the molecule is CCNCc1cccnc1-n1cc(Cl)c(C)n1. The lowest BCUT2D eigenvalue weighted by atomic mass is 10.2. The number of rotatable bonds is 4. The van der Waals surface area contributed by atoms with E-state index in [4.69, 9.17) is 11.6 Å². The Morgan fingerprint density at radius 1 is 1.47 bits per heavy atom. The molecule has 2 heterocycles. The van der Waals surface area contributed by atoms with Crippen molar-refractivity contribution < 1.29 is 0 Å². The van der Waals surface area contributed by atoms with Gasteiger partial charge in [-0.3, -0.25) is 0 Å². The maximum Gasteiger partial charge on any atom is 0.157 e. The van der Waals surface area contributed by atoms with Crippen molar-refractivity contribution in [3.8, 4) is 5.82 Å². The Morgan fingerprint density at radius 3 is 2.94 bits per heavy atom. The molecule has 0 fully saturated rings. The quantitative estimate of drug-likeness (QED) is 0.906. The Kier molecular flexibility index (Phi) is 3.76. The van der Waals surface area contributed by atoms with Crippen LogP contribution in [0.15, 0.2) is 24.5 Å². The zero-order chi connectivity index (χ0) is 12.3. The molecule has 0 bridgehead atoms. The molecule has 0 unspecified atom stereocenters. The number of nitrogens with zero attached hydrogens (tertiary/aromatic N) is 3. The van der Waals surface area contributed by atoms with E-state index in [9.17, 15) is 0 Å². The fourth-order valence-corrected chi connectivity index (χ4v) is 1.71. The molecule has 0 radical (unpaired) electrons. The van der Waals surface area contributed by atoms with Gasteiger partial charge in [0.05, 0.1) is 16.9 Å². The predicted octanol–water partition coefficient (Wildman–Crippen LogP) is 2.34. The maximum atomic E-state index is 6.01. The van der Waals surface area contributed by atoms with E-state index in [0.717, 1.165) is 30.2 Å². The molecule has 17 heavy (non-hydrogen) atoms. The van der Waals surface area contributed by atoms with E-state index in [2.05, 4.69) is 22.3 Å². The van der Waals surface area contributed by atoms with E-state index >= 15 is 0 Å². The Labute approximate surface area is 106 Å². The molecule has 0 saturated carbocycles. The summed E-state index contributed by atoms with van der Waals surface area (Å²) in [5, 5.41) is 8.28. The van der Waals surface area contributed by atoms with Crippen LogP contribution in [-0.2, 0) is 6.54 Å². The molecule has 2 aromatic rings. The molecule has 0 saturated heterocycles. The first-order valence-corrected chi connectivity index (χ1v) is 5.97. The van der Waals surface area contributed by atoms with E-state index in [1.54, 1.807) is 17.1 Å². The Hall–Kier alpha value is -1.39. The minimum absolute atomic E-state index is 0.657. The van der Waals surface area contributed by atoms with Gasteiger partial charge in [-0.1, -0.05) is 24.6 Å². The third kappa shape index (κ3) is 2.65. The van der Waals surface area contributed by atoms with Crippen molar-refractivity contribution in [2.24, 2.45) is 0 Å². The predicted molar refractivity (Wildman–Crippen MR) is 68.5 cm³/mol. The molecular formula is C12H15ClN4. The fraction of sp³-hybridized carbons (Fsp3) is 0.333. The zero-order valence-corrected chi connectivity index (χ0v) is 10.7. The summed E-state index contributed by atoms with van der Waals surface area (Å²) in [4.78, 5) is 4.36. The van der Waals surface area contributed by atoms with Crippen LogP contribution >= 0.6 is 11.6 Å². The molecule has 0 spiro atoms. The molecule has 0 amide bonds. The third-order valence-electron chi connectivity index (χ3n) is 2.49. The van der Waals surface area contributed by atoms with Crippen LogP contribution in [0.5, 0.6) is 0 Å². The van der Waals surface area contributed by atoms with Crippen molar-refractivity contribution in [2.75, 3.05) is 6.54 Å². The van der Waals surface area contributed by atoms with Gasteiger partial charge >= 0.3 is 0 Å². The van der Waals surface area contributed by atoms with Crippen LogP contribution in [0.2, 0.25) is 5.02 Å². The number of hydrogen-bond acceptors (Lipinski definition) is 3. The largest absolute Gasteiger partial charge is 0.313 e. The summed E-state index contributed by atoms with van der Waals surface area (Å²) in [6.45, 7) is 5.65. The maximum absolute atomic E-state index is 6.01. The van der Waals surface area contributed by atoms with E-state index in [0.29, 0.717) is 5.02 Å². The van der Waals surface area contributed by atoms with Crippen molar-refractivity contribution in [1.29, 1.82) is 0 Å².